The van der Waals surface area contributed by atoms with E-state index in [-0.39, 0.29) is 0 Å². The molecule has 0 aromatic rings. The summed E-state index contributed by atoms with van der Waals surface area (Å²) in [4.78, 5) is 0. The number of allylic oxidation sites excluding steroid dienone is 2. The van der Waals surface area contributed by atoms with Gasteiger partial charge in [0.2, 0.25) is 0 Å². The van der Waals surface area contributed by atoms with E-state index >= 15 is 0 Å². The number of hydrogen-bond acceptors (Lipinski definition) is 0. The molecule has 1 aliphatic carbocycles. The average Bonchev–Trinajstić information content (AvgIpc) is 2.19. The van der Waals surface area contributed by atoms with Crippen LogP contribution in [0.5, 0.6) is 0 Å². The van der Waals surface area contributed by atoms with Crippen molar-refractivity contribution in [3.63, 3.8) is 0 Å². The third kappa shape index (κ3) is 5.01. The Morgan fingerprint density at radius 2 is 2.31 bits per heavy atom. The quantitative estimate of drug-likeness (QED) is 0.279. The highest BCUT2D eigenvalue weighted by molar-refractivity contribution is 6.17. The van der Waals surface area contributed by atoms with Crippen molar-refractivity contribution < 1.29 is 0 Å². The Morgan fingerprint density at radius 1 is 1.38 bits per heavy atom. The third-order valence-corrected chi connectivity index (χ3v) is 2.49. The molecule has 0 bridgehead atoms. The van der Waals surface area contributed by atoms with Gasteiger partial charge in [0.05, 0.1) is 0 Å². The van der Waals surface area contributed by atoms with E-state index in [2.05, 4.69) is 24.0 Å². The summed E-state index contributed by atoms with van der Waals surface area (Å²) in [5.74, 6) is 7.83. The van der Waals surface area contributed by atoms with Crippen LogP contribution in [0, 0.1) is 17.8 Å². The van der Waals surface area contributed by atoms with Gasteiger partial charge in [0.1, 0.15) is 0 Å². The summed E-state index contributed by atoms with van der Waals surface area (Å²) in [7, 11) is 0. The summed E-state index contributed by atoms with van der Waals surface area (Å²) in [6.07, 6.45) is 11.5. The molecule has 72 valence electrons. The lowest BCUT2D eigenvalue weighted by Crippen LogP contribution is -1.96. The van der Waals surface area contributed by atoms with Gasteiger partial charge in [-0.3, -0.25) is 0 Å². The van der Waals surface area contributed by atoms with Gasteiger partial charge in [-0.2, -0.15) is 0 Å². The summed E-state index contributed by atoms with van der Waals surface area (Å²) in [6, 6.07) is 0. The van der Waals surface area contributed by atoms with Crippen molar-refractivity contribution in [2.75, 3.05) is 5.88 Å². The summed E-state index contributed by atoms with van der Waals surface area (Å²) in [5, 5.41) is 0. The number of unbranched alkanes of at least 4 members (excludes halogenated alkanes) is 2. The van der Waals surface area contributed by atoms with Crippen LogP contribution in [-0.2, 0) is 0 Å². The summed E-state index contributed by atoms with van der Waals surface area (Å²) >= 11 is 5.57. The van der Waals surface area contributed by atoms with Crippen LogP contribution in [0.15, 0.2) is 12.2 Å². The zero-order valence-corrected chi connectivity index (χ0v) is 8.82. The Kier molecular flexibility index (Phi) is 5.78. The molecule has 0 aliphatic heterocycles. The topological polar surface area (TPSA) is 0 Å². The van der Waals surface area contributed by atoms with Gasteiger partial charge in [0.15, 0.2) is 0 Å². The Balaban J connectivity index is 2.14. The van der Waals surface area contributed by atoms with Crippen LogP contribution in [0.4, 0.5) is 0 Å². The molecule has 0 aromatic carbocycles. The number of hydrogen-bond donors (Lipinski definition) is 0. The number of rotatable bonds is 3. The van der Waals surface area contributed by atoms with Crippen molar-refractivity contribution in [3.05, 3.63) is 12.2 Å². The van der Waals surface area contributed by atoms with Crippen LogP contribution in [0.2, 0.25) is 0 Å². The van der Waals surface area contributed by atoms with E-state index in [1.54, 1.807) is 0 Å². The lowest BCUT2D eigenvalue weighted by atomic mass is 9.96. The molecule has 0 saturated carbocycles. The monoisotopic (exact) mass is 196 g/mol. The van der Waals surface area contributed by atoms with E-state index in [9.17, 15) is 0 Å². The van der Waals surface area contributed by atoms with Crippen molar-refractivity contribution >= 4 is 11.6 Å². The normalized spacial score (nSPS) is 20.8. The lowest BCUT2D eigenvalue weighted by Gasteiger charge is -2.08. The standard InChI is InChI=1S/C12H17Cl/c13-11-7-2-1-4-8-12-9-5-3-6-10-12/h5,9,12H,1-3,6-7,10-11H2/t12-/m1/s1. The predicted molar refractivity (Wildman–Crippen MR) is 58.8 cm³/mol. The minimum Gasteiger partial charge on any atom is -0.127 e. The van der Waals surface area contributed by atoms with Crippen molar-refractivity contribution in [1.29, 1.82) is 0 Å². The Bertz CT molecular complexity index is 207. The molecule has 0 nitrogen and oxygen atoms in total. The van der Waals surface area contributed by atoms with Crippen LogP contribution < -0.4 is 0 Å². The maximum absolute atomic E-state index is 5.57. The summed E-state index contributed by atoms with van der Waals surface area (Å²) < 4.78 is 0. The van der Waals surface area contributed by atoms with E-state index in [0.717, 1.165) is 25.1 Å². The van der Waals surface area contributed by atoms with Crippen LogP contribution in [0.3, 0.4) is 0 Å². The maximum Gasteiger partial charge on any atom is 0.0382 e. The molecule has 1 rings (SSSR count). The smallest absolute Gasteiger partial charge is 0.0382 e. The SMILES string of the molecule is ClCCCCC#C[C@@H]1C=CCCC1. The molecule has 0 radical (unpaired) electrons. The zero-order chi connectivity index (χ0) is 9.36. The Morgan fingerprint density at radius 3 is 3.00 bits per heavy atom. The fraction of sp³-hybridized carbons (Fsp3) is 0.667. The zero-order valence-electron chi connectivity index (χ0n) is 8.06. The number of halogens is 1. The first-order valence-corrected chi connectivity index (χ1v) is 5.68. The molecule has 0 N–H and O–H groups in total. The van der Waals surface area contributed by atoms with Gasteiger partial charge >= 0.3 is 0 Å². The molecule has 0 heterocycles. The van der Waals surface area contributed by atoms with Crippen LogP contribution in [-0.4, -0.2) is 5.88 Å². The van der Waals surface area contributed by atoms with E-state index in [1.165, 1.54) is 19.3 Å². The Labute approximate surface area is 86.4 Å². The molecule has 1 atom stereocenters. The van der Waals surface area contributed by atoms with Gasteiger partial charge in [-0.05, 0) is 32.1 Å². The Hall–Kier alpha value is -0.410. The summed E-state index contributed by atoms with van der Waals surface area (Å²) in [5.41, 5.74) is 0. The minimum absolute atomic E-state index is 0.532. The van der Waals surface area contributed by atoms with Crippen LogP contribution in [0.25, 0.3) is 0 Å². The van der Waals surface area contributed by atoms with Gasteiger partial charge in [-0.1, -0.05) is 18.1 Å². The second kappa shape index (κ2) is 7.04. The highest BCUT2D eigenvalue weighted by Crippen LogP contribution is 2.15. The second-order valence-electron chi connectivity index (χ2n) is 3.43. The molecule has 0 fully saturated rings. The molecule has 13 heavy (non-hydrogen) atoms. The highest BCUT2D eigenvalue weighted by atomic mass is 35.5. The van der Waals surface area contributed by atoms with Crippen LogP contribution in [0.1, 0.15) is 38.5 Å². The van der Waals surface area contributed by atoms with Crippen molar-refractivity contribution in [1.82, 2.24) is 0 Å². The first-order chi connectivity index (χ1) is 6.43. The van der Waals surface area contributed by atoms with Crippen molar-refractivity contribution in [2.45, 2.75) is 38.5 Å². The van der Waals surface area contributed by atoms with E-state index < -0.39 is 0 Å². The second-order valence-corrected chi connectivity index (χ2v) is 3.81. The molecule has 0 unspecified atom stereocenters. The van der Waals surface area contributed by atoms with Gasteiger partial charge in [0.25, 0.3) is 0 Å². The van der Waals surface area contributed by atoms with Crippen molar-refractivity contribution in [3.8, 4) is 11.8 Å². The molecular weight excluding hydrogens is 180 g/mol. The van der Waals surface area contributed by atoms with E-state index in [4.69, 9.17) is 11.6 Å². The van der Waals surface area contributed by atoms with Crippen LogP contribution >= 0.6 is 11.6 Å². The van der Waals surface area contributed by atoms with Gasteiger partial charge in [0, 0.05) is 18.2 Å². The first kappa shape index (κ1) is 10.7. The van der Waals surface area contributed by atoms with Gasteiger partial charge in [-0.15, -0.1) is 17.5 Å². The fourth-order valence-corrected chi connectivity index (χ4v) is 1.63. The van der Waals surface area contributed by atoms with E-state index in [0.29, 0.717) is 5.92 Å². The third-order valence-electron chi connectivity index (χ3n) is 2.23. The van der Waals surface area contributed by atoms with E-state index in [1.807, 2.05) is 0 Å². The fourth-order valence-electron chi connectivity index (χ4n) is 1.44. The molecule has 0 saturated heterocycles. The minimum atomic E-state index is 0.532. The number of alkyl halides is 1. The highest BCUT2D eigenvalue weighted by Gasteiger charge is 2.02. The summed E-state index contributed by atoms with van der Waals surface area (Å²) in [6.45, 7) is 0. The predicted octanol–water partition coefficient (Wildman–Crippen LogP) is 3.76. The van der Waals surface area contributed by atoms with Gasteiger partial charge < -0.3 is 0 Å². The molecule has 0 aromatic heterocycles. The molecule has 1 aliphatic rings. The molecule has 0 spiro atoms. The molecule has 1 heteroatoms. The lowest BCUT2D eigenvalue weighted by molar-refractivity contribution is 0.644. The maximum atomic E-state index is 5.57. The van der Waals surface area contributed by atoms with Crippen molar-refractivity contribution in [2.24, 2.45) is 5.92 Å². The van der Waals surface area contributed by atoms with Gasteiger partial charge in [-0.25, -0.2) is 0 Å². The average molecular weight is 197 g/mol. The molecular formula is C12H17Cl. The largest absolute Gasteiger partial charge is 0.127 e. The first-order valence-electron chi connectivity index (χ1n) is 5.14. The molecule has 0 amide bonds.